The van der Waals surface area contributed by atoms with Crippen molar-refractivity contribution in [3.63, 3.8) is 0 Å². The predicted molar refractivity (Wildman–Crippen MR) is 93.5 cm³/mol. The van der Waals surface area contributed by atoms with E-state index < -0.39 is 0 Å². The lowest BCUT2D eigenvalue weighted by Crippen LogP contribution is -2.39. The van der Waals surface area contributed by atoms with Crippen LogP contribution in [0.2, 0.25) is 0 Å². The first-order valence-corrected chi connectivity index (χ1v) is 8.25. The topological polar surface area (TPSA) is 20.3 Å². The van der Waals surface area contributed by atoms with Gasteiger partial charge in [0.15, 0.2) is 0 Å². The fourth-order valence-electron chi connectivity index (χ4n) is 3.18. The first-order valence-electron chi connectivity index (χ1n) is 8.25. The zero-order chi connectivity index (χ0) is 15.9. The average molecular weight is 297 g/mol. The Morgan fingerprint density at radius 1 is 1.36 bits per heavy atom. The maximum Gasteiger partial charge on any atom is 0.254 e. The Bertz CT molecular complexity index is 528. The molecule has 0 aromatic carbocycles. The summed E-state index contributed by atoms with van der Waals surface area (Å²) in [5.74, 6) is 0.803. The van der Waals surface area contributed by atoms with Crippen LogP contribution in [0, 0.1) is 5.92 Å². The molecule has 0 saturated carbocycles. The number of amides is 1. The monoisotopic (exact) mass is 297 g/mol. The van der Waals surface area contributed by atoms with E-state index in [4.69, 9.17) is 0 Å². The van der Waals surface area contributed by atoms with Crippen molar-refractivity contribution >= 4 is 5.91 Å². The van der Waals surface area contributed by atoms with Gasteiger partial charge in [-0.05, 0) is 56.6 Å². The zero-order valence-corrected chi connectivity index (χ0v) is 13.7. The van der Waals surface area contributed by atoms with Gasteiger partial charge in [0, 0.05) is 18.7 Å². The molecule has 0 spiro atoms. The van der Waals surface area contributed by atoms with Crippen molar-refractivity contribution in [1.29, 1.82) is 0 Å². The molecule has 0 unspecified atom stereocenters. The van der Waals surface area contributed by atoms with Gasteiger partial charge in [-0.25, -0.2) is 0 Å². The SMILES string of the molecule is C=C/C=C(\C(=C)C)C(=O)N1CCC(CC2=CCCC=C2)CC1. The van der Waals surface area contributed by atoms with Crippen molar-refractivity contribution in [3.8, 4) is 0 Å². The lowest BCUT2D eigenvalue weighted by atomic mass is 9.88. The highest BCUT2D eigenvalue weighted by Gasteiger charge is 2.25. The van der Waals surface area contributed by atoms with Crippen LogP contribution in [0.5, 0.6) is 0 Å². The molecule has 0 radical (unpaired) electrons. The molecular formula is C20H27NO. The van der Waals surface area contributed by atoms with Crippen LogP contribution in [0.3, 0.4) is 0 Å². The summed E-state index contributed by atoms with van der Waals surface area (Å²) in [6.45, 7) is 11.2. The standard InChI is InChI=1S/C20H27NO/c1-4-8-19(16(2)3)20(22)21-13-11-18(12-14-21)15-17-9-6-5-7-10-17/h4,6,8-10,18H,1-2,5,7,11-15H2,3H3/b19-8+. The number of piperidine rings is 1. The maximum absolute atomic E-state index is 12.6. The Kier molecular flexibility index (Phi) is 6.00. The van der Waals surface area contributed by atoms with Gasteiger partial charge in [-0.1, -0.05) is 43.0 Å². The molecule has 0 atom stereocenters. The molecule has 0 bridgehead atoms. The van der Waals surface area contributed by atoms with Gasteiger partial charge in [-0.2, -0.15) is 0 Å². The van der Waals surface area contributed by atoms with Gasteiger partial charge >= 0.3 is 0 Å². The van der Waals surface area contributed by atoms with Gasteiger partial charge < -0.3 is 4.90 Å². The largest absolute Gasteiger partial charge is 0.339 e. The van der Waals surface area contributed by atoms with Crippen molar-refractivity contribution in [3.05, 3.63) is 60.3 Å². The smallest absolute Gasteiger partial charge is 0.254 e. The molecule has 1 amide bonds. The lowest BCUT2D eigenvalue weighted by Gasteiger charge is -2.33. The Morgan fingerprint density at radius 2 is 2.09 bits per heavy atom. The van der Waals surface area contributed by atoms with Crippen LogP contribution < -0.4 is 0 Å². The quantitative estimate of drug-likeness (QED) is 0.537. The van der Waals surface area contributed by atoms with Gasteiger partial charge in [-0.3, -0.25) is 4.79 Å². The number of carbonyl (C=O) groups is 1. The van der Waals surface area contributed by atoms with Crippen LogP contribution in [0.1, 0.15) is 39.0 Å². The van der Waals surface area contributed by atoms with E-state index in [1.807, 2.05) is 11.8 Å². The van der Waals surface area contributed by atoms with E-state index in [1.165, 1.54) is 18.4 Å². The lowest BCUT2D eigenvalue weighted by molar-refractivity contribution is -0.128. The summed E-state index contributed by atoms with van der Waals surface area (Å²) in [6.07, 6.45) is 16.0. The van der Waals surface area contributed by atoms with Crippen LogP contribution in [-0.2, 0) is 4.79 Å². The molecule has 2 heteroatoms. The van der Waals surface area contributed by atoms with E-state index in [0.717, 1.165) is 37.9 Å². The van der Waals surface area contributed by atoms with Crippen molar-refractivity contribution in [2.45, 2.75) is 39.0 Å². The third kappa shape index (κ3) is 4.33. The van der Waals surface area contributed by atoms with E-state index in [-0.39, 0.29) is 5.91 Å². The highest BCUT2D eigenvalue weighted by atomic mass is 16.2. The minimum atomic E-state index is 0.0997. The van der Waals surface area contributed by atoms with E-state index in [0.29, 0.717) is 11.5 Å². The van der Waals surface area contributed by atoms with E-state index >= 15 is 0 Å². The molecule has 0 N–H and O–H groups in total. The normalized spacial score (nSPS) is 19.8. The first kappa shape index (κ1) is 16.5. The van der Waals surface area contributed by atoms with Gasteiger partial charge in [0.25, 0.3) is 5.91 Å². The Hall–Kier alpha value is -1.83. The minimum Gasteiger partial charge on any atom is -0.339 e. The number of hydrogen-bond donors (Lipinski definition) is 0. The number of hydrogen-bond acceptors (Lipinski definition) is 1. The van der Waals surface area contributed by atoms with E-state index in [9.17, 15) is 4.79 Å². The second-order valence-corrected chi connectivity index (χ2v) is 6.29. The molecule has 0 aromatic rings. The number of rotatable bonds is 5. The Labute approximate surface area is 134 Å². The first-order chi connectivity index (χ1) is 10.6. The summed E-state index contributed by atoms with van der Waals surface area (Å²) in [4.78, 5) is 14.5. The summed E-state index contributed by atoms with van der Waals surface area (Å²) < 4.78 is 0. The Morgan fingerprint density at radius 3 is 2.64 bits per heavy atom. The van der Waals surface area contributed by atoms with Crippen molar-refractivity contribution in [1.82, 2.24) is 4.90 Å². The molecule has 0 aromatic heterocycles. The summed E-state index contributed by atoms with van der Waals surface area (Å²) in [5.41, 5.74) is 2.97. The van der Waals surface area contributed by atoms with E-state index in [2.05, 4.69) is 31.4 Å². The number of carbonyl (C=O) groups excluding carboxylic acids is 1. The third-order valence-corrected chi connectivity index (χ3v) is 4.47. The molecular weight excluding hydrogens is 270 g/mol. The second-order valence-electron chi connectivity index (χ2n) is 6.29. The summed E-state index contributed by atoms with van der Waals surface area (Å²) in [5, 5.41) is 0. The van der Waals surface area contributed by atoms with E-state index in [1.54, 1.807) is 12.2 Å². The molecule has 2 nitrogen and oxygen atoms in total. The van der Waals surface area contributed by atoms with Crippen LogP contribution in [0.4, 0.5) is 0 Å². The summed E-state index contributed by atoms with van der Waals surface area (Å²) >= 11 is 0. The molecule has 1 heterocycles. The fraction of sp³-hybridized carbons (Fsp3) is 0.450. The molecule has 1 saturated heterocycles. The van der Waals surface area contributed by atoms with Crippen molar-refractivity contribution in [2.24, 2.45) is 5.92 Å². The average Bonchev–Trinajstić information content (AvgIpc) is 2.53. The van der Waals surface area contributed by atoms with Crippen molar-refractivity contribution in [2.75, 3.05) is 13.1 Å². The van der Waals surface area contributed by atoms with Crippen LogP contribution in [-0.4, -0.2) is 23.9 Å². The van der Waals surface area contributed by atoms with Gasteiger partial charge in [0.05, 0.1) is 0 Å². The van der Waals surface area contributed by atoms with Gasteiger partial charge in [0.2, 0.25) is 0 Å². The molecule has 1 aliphatic heterocycles. The highest BCUT2D eigenvalue weighted by Crippen LogP contribution is 2.27. The number of nitrogens with zero attached hydrogens (tertiary/aromatic N) is 1. The molecule has 2 rings (SSSR count). The minimum absolute atomic E-state index is 0.0997. The zero-order valence-electron chi connectivity index (χ0n) is 13.7. The molecule has 1 aliphatic carbocycles. The number of likely N-dealkylation sites (tertiary alicyclic amines) is 1. The molecule has 118 valence electrons. The van der Waals surface area contributed by atoms with Gasteiger partial charge in [0.1, 0.15) is 0 Å². The van der Waals surface area contributed by atoms with Crippen LogP contribution >= 0.6 is 0 Å². The molecule has 2 aliphatic rings. The molecule has 1 fully saturated rings. The highest BCUT2D eigenvalue weighted by molar-refractivity contribution is 5.97. The van der Waals surface area contributed by atoms with Gasteiger partial charge in [-0.15, -0.1) is 0 Å². The van der Waals surface area contributed by atoms with Crippen LogP contribution in [0.15, 0.2) is 60.3 Å². The predicted octanol–water partition coefficient (Wildman–Crippen LogP) is 4.58. The fourth-order valence-corrected chi connectivity index (χ4v) is 3.18. The van der Waals surface area contributed by atoms with Crippen molar-refractivity contribution < 1.29 is 4.79 Å². The summed E-state index contributed by atoms with van der Waals surface area (Å²) in [6, 6.07) is 0. The second kappa shape index (κ2) is 7.98. The van der Waals surface area contributed by atoms with Crippen LogP contribution in [0.25, 0.3) is 0 Å². The number of allylic oxidation sites excluding steroid dienone is 6. The maximum atomic E-state index is 12.6. The summed E-state index contributed by atoms with van der Waals surface area (Å²) in [7, 11) is 0. The molecule has 22 heavy (non-hydrogen) atoms. The third-order valence-electron chi connectivity index (χ3n) is 4.47. The Balaban J connectivity index is 1.88.